The molecule has 0 aromatic heterocycles. The fourth-order valence-corrected chi connectivity index (χ4v) is 10.2. The maximum Gasteiger partial charge on any atom is 0.232 e. The first kappa shape index (κ1) is 25.9. The number of Topliss-reactive ketones (excluding diaryl/α,β-unsaturated/α-hetero) is 1. The van der Waals surface area contributed by atoms with Crippen molar-refractivity contribution in [3.63, 3.8) is 0 Å². The quantitative estimate of drug-likeness (QED) is 0.401. The highest BCUT2D eigenvalue weighted by molar-refractivity contribution is 6.05. The van der Waals surface area contributed by atoms with Crippen molar-refractivity contribution in [1.29, 1.82) is 0 Å². The molecule has 3 fully saturated rings. The second kappa shape index (κ2) is 8.55. The zero-order valence-electron chi connectivity index (χ0n) is 23.8. The topological polar surface area (TPSA) is 64.6 Å². The maximum atomic E-state index is 14.7. The van der Waals surface area contributed by atoms with E-state index >= 15 is 0 Å². The van der Waals surface area contributed by atoms with Gasteiger partial charge in [0.25, 0.3) is 0 Å². The second-order valence-corrected chi connectivity index (χ2v) is 13.8. The van der Waals surface area contributed by atoms with Gasteiger partial charge in [-0.15, -0.1) is 6.58 Å². The van der Waals surface area contributed by atoms with Gasteiger partial charge in [-0.25, -0.2) is 0 Å². The van der Waals surface area contributed by atoms with E-state index in [-0.39, 0.29) is 35.0 Å². The molecule has 6 aliphatic rings. The molecule has 3 aliphatic carbocycles. The summed E-state index contributed by atoms with van der Waals surface area (Å²) in [5, 5.41) is 3.09. The minimum absolute atomic E-state index is 0.0132. The van der Waals surface area contributed by atoms with E-state index in [1.807, 2.05) is 6.08 Å². The number of ether oxygens (including phenoxy) is 2. The van der Waals surface area contributed by atoms with Crippen molar-refractivity contribution < 1.29 is 19.1 Å². The molecule has 0 radical (unpaired) electrons. The molecule has 1 amide bonds. The molecule has 0 spiro atoms. The second-order valence-electron chi connectivity index (χ2n) is 13.8. The molecule has 204 valence electrons. The summed E-state index contributed by atoms with van der Waals surface area (Å²) in [6.45, 7) is 15.8. The van der Waals surface area contributed by atoms with Gasteiger partial charge in [0, 0.05) is 43.1 Å². The number of amides is 1. The molecule has 5 heteroatoms. The molecule has 1 saturated heterocycles. The lowest BCUT2D eigenvalue weighted by Crippen LogP contribution is -2.50. The van der Waals surface area contributed by atoms with E-state index in [0.29, 0.717) is 30.6 Å². The summed E-state index contributed by atoms with van der Waals surface area (Å²) >= 11 is 0. The van der Waals surface area contributed by atoms with Crippen molar-refractivity contribution in [3.8, 4) is 5.75 Å². The number of carbonyl (C=O) groups is 2. The Morgan fingerprint density at radius 2 is 1.82 bits per heavy atom. The van der Waals surface area contributed by atoms with Crippen LogP contribution in [0, 0.1) is 52.3 Å². The average molecular weight is 518 g/mol. The fourth-order valence-electron chi connectivity index (χ4n) is 10.2. The van der Waals surface area contributed by atoms with Crippen LogP contribution in [0.4, 0.5) is 0 Å². The minimum atomic E-state index is -0.892. The molecule has 7 rings (SSSR count). The third-order valence-corrected chi connectivity index (χ3v) is 11.2. The molecule has 1 aromatic rings. The van der Waals surface area contributed by atoms with Crippen LogP contribution in [0.2, 0.25) is 0 Å². The summed E-state index contributed by atoms with van der Waals surface area (Å²) < 4.78 is 13.0. The molecular formula is C33H43NO4. The van der Waals surface area contributed by atoms with Gasteiger partial charge in [0.05, 0.1) is 0 Å². The number of hydrogen-bond donors (Lipinski definition) is 1. The summed E-state index contributed by atoms with van der Waals surface area (Å²) in [4.78, 5) is 28.2. The minimum Gasteiger partial charge on any atom is -0.490 e. The maximum absolute atomic E-state index is 14.7. The predicted molar refractivity (Wildman–Crippen MR) is 147 cm³/mol. The molecule has 38 heavy (non-hydrogen) atoms. The first-order valence-corrected chi connectivity index (χ1v) is 14.4. The van der Waals surface area contributed by atoms with E-state index in [1.54, 1.807) is 7.11 Å². The molecule has 1 N–H and O–H groups in total. The summed E-state index contributed by atoms with van der Waals surface area (Å²) in [7, 11) is 1.63. The highest BCUT2D eigenvalue weighted by atomic mass is 16.5. The summed E-state index contributed by atoms with van der Waals surface area (Å²) in [5.74, 6) is 1.09. The van der Waals surface area contributed by atoms with Crippen LogP contribution >= 0.6 is 0 Å². The van der Waals surface area contributed by atoms with E-state index in [1.165, 1.54) is 12.0 Å². The molecule has 2 saturated carbocycles. The van der Waals surface area contributed by atoms with Crippen molar-refractivity contribution in [3.05, 3.63) is 54.1 Å². The van der Waals surface area contributed by atoms with E-state index < -0.39 is 23.0 Å². The van der Waals surface area contributed by atoms with Crippen molar-refractivity contribution in [1.82, 2.24) is 5.32 Å². The van der Waals surface area contributed by atoms with Gasteiger partial charge in [0.1, 0.15) is 29.3 Å². The Bertz CT molecular complexity index is 1200. The van der Waals surface area contributed by atoms with Crippen molar-refractivity contribution in [2.75, 3.05) is 7.11 Å². The molecule has 0 unspecified atom stereocenters. The van der Waals surface area contributed by atoms with Crippen LogP contribution in [0.1, 0.15) is 59.4 Å². The van der Waals surface area contributed by atoms with Crippen LogP contribution in [0.25, 0.3) is 0 Å². The number of carbonyl (C=O) groups excluding carboxylic acids is 2. The zero-order chi connectivity index (χ0) is 27.2. The Balaban J connectivity index is 1.59. The molecule has 1 aromatic carbocycles. The highest BCUT2D eigenvalue weighted by Crippen LogP contribution is 2.68. The molecule has 3 heterocycles. The summed E-state index contributed by atoms with van der Waals surface area (Å²) in [6.07, 6.45) is 7.24. The Labute approximate surface area is 227 Å². The van der Waals surface area contributed by atoms with E-state index in [2.05, 4.69) is 76.9 Å². The third-order valence-electron chi connectivity index (χ3n) is 11.2. The first-order chi connectivity index (χ1) is 17.9. The standard InChI is InChI=1S/C33H43NO4/c1-8-31(5)15-20(4)25-24-27(31)28(35)23-17-33(37-7,34-30(23)36)16-21-9-11-22(12-10-21)38-29(24)26-19(3)13-18(2)14-32(25,26)6/h8-12,15,18-19,23-27,29H,1,13-14,16-17H2,2-7H3,(H,34,36)/t18-,19+,23+,24+,25-,26+,27+,29+,31+,32+,33+/m1/s1. The monoisotopic (exact) mass is 517 g/mol. The summed E-state index contributed by atoms with van der Waals surface area (Å²) in [6, 6.07) is 8.26. The van der Waals surface area contributed by atoms with E-state index in [4.69, 9.17) is 9.47 Å². The van der Waals surface area contributed by atoms with Crippen molar-refractivity contribution >= 4 is 11.7 Å². The number of rotatable bonds is 2. The number of methoxy groups -OCH3 is 1. The number of nitrogens with one attached hydrogen (secondary N) is 1. The smallest absolute Gasteiger partial charge is 0.232 e. The molecular weight excluding hydrogens is 474 g/mol. The Morgan fingerprint density at radius 3 is 2.47 bits per heavy atom. The zero-order valence-corrected chi connectivity index (χ0v) is 23.8. The number of ketones is 1. The van der Waals surface area contributed by atoms with Crippen LogP contribution in [0.3, 0.4) is 0 Å². The average Bonchev–Trinajstić information content (AvgIpc) is 3.31. The van der Waals surface area contributed by atoms with Crippen LogP contribution < -0.4 is 10.1 Å². The largest absolute Gasteiger partial charge is 0.490 e. The lowest BCUT2D eigenvalue weighted by Gasteiger charge is -2.50. The van der Waals surface area contributed by atoms with Gasteiger partial charge < -0.3 is 14.8 Å². The van der Waals surface area contributed by atoms with Crippen molar-refractivity contribution in [2.24, 2.45) is 52.3 Å². The molecule has 4 bridgehead atoms. The fraction of sp³-hybridized carbons (Fsp3) is 0.636. The van der Waals surface area contributed by atoms with Crippen LogP contribution in [0.5, 0.6) is 5.75 Å². The van der Waals surface area contributed by atoms with Crippen LogP contribution in [-0.2, 0) is 20.7 Å². The normalized spacial score (nSPS) is 47.5. The third kappa shape index (κ3) is 3.53. The van der Waals surface area contributed by atoms with Crippen molar-refractivity contribution in [2.45, 2.75) is 72.1 Å². The first-order valence-electron chi connectivity index (χ1n) is 14.4. The number of benzene rings is 1. The van der Waals surface area contributed by atoms with Gasteiger partial charge in [-0.2, -0.15) is 0 Å². The van der Waals surface area contributed by atoms with Gasteiger partial charge in [0.15, 0.2) is 0 Å². The predicted octanol–water partition coefficient (Wildman–Crippen LogP) is 5.74. The Morgan fingerprint density at radius 1 is 1.11 bits per heavy atom. The van der Waals surface area contributed by atoms with Gasteiger partial charge >= 0.3 is 0 Å². The Kier molecular flexibility index (Phi) is 5.82. The highest BCUT2D eigenvalue weighted by Gasteiger charge is 2.68. The van der Waals surface area contributed by atoms with E-state index in [0.717, 1.165) is 17.7 Å². The lowest BCUT2D eigenvalue weighted by atomic mass is 9.53. The van der Waals surface area contributed by atoms with E-state index in [9.17, 15) is 9.59 Å². The van der Waals surface area contributed by atoms with Crippen LogP contribution in [-0.4, -0.2) is 30.6 Å². The molecule has 3 aliphatic heterocycles. The SMILES string of the molecule is C=C[C@@]1(C)C=C(C)[C@@H]2[C@@H]3[C@H](Oc4ccc(cc4)C[C@]4(OC)C[C@H](C(=O)N4)C(=O)[C@H]31)[C@@H]1[C@@H](C)C[C@@H](C)C[C@]12C. The van der Waals surface area contributed by atoms with Gasteiger partial charge in [-0.1, -0.05) is 57.6 Å². The Hall–Kier alpha value is -2.40. The van der Waals surface area contributed by atoms with Gasteiger partial charge in [0.2, 0.25) is 5.91 Å². The molecule has 11 atom stereocenters. The number of hydrogen-bond acceptors (Lipinski definition) is 4. The number of fused-ring (bicyclic) bond motifs is 4. The van der Waals surface area contributed by atoms with Crippen LogP contribution in [0.15, 0.2) is 48.6 Å². The van der Waals surface area contributed by atoms with Gasteiger partial charge in [-0.05, 0) is 60.6 Å². The summed E-state index contributed by atoms with van der Waals surface area (Å²) in [5.41, 5.74) is 0.941. The lowest BCUT2D eigenvalue weighted by molar-refractivity contribution is -0.139. The molecule has 5 nitrogen and oxygen atoms in total. The number of allylic oxidation sites excluding steroid dienone is 3. The van der Waals surface area contributed by atoms with Gasteiger partial charge in [-0.3, -0.25) is 9.59 Å².